The zero-order chi connectivity index (χ0) is 9.84. The van der Waals surface area contributed by atoms with Crippen molar-refractivity contribution >= 4 is 5.57 Å². The van der Waals surface area contributed by atoms with Crippen LogP contribution in [-0.4, -0.2) is 7.05 Å². The minimum atomic E-state index is 0.402. The molecule has 0 spiro atoms. The second-order valence-corrected chi connectivity index (χ2v) is 3.42. The highest BCUT2D eigenvalue weighted by molar-refractivity contribution is 5.61. The predicted molar refractivity (Wildman–Crippen MR) is 58.6 cm³/mol. The fraction of sp³-hybridized carbons (Fsp3) is 0.333. The van der Waals surface area contributed by atoms with Crippen LogP contribution in [0, 0.1) is 0 Å². The maximum atomic E-state index is 3.93. The van der Waals surface area contributed by atoms with Crippen LogP contribution in [0.5, 0.6) is 0 Å². The molecule has 1 aromatic carbocycles. The number of rotatable bonds is 3. The van der Waals surface area contributed by atoms with Crippen LogP contribution in [-0.2, 0) is 0 Å². The molecular weight excluding hydrogens is 158 g/mol. The third-order valence-electron chi connectivity index (χ3n) is 2.31. The van der Waals surface area contributed by atoms with E-state index in [1.54, 1.807) is 0 Å². The van der Waals surface area contributed by atoms with Crippen molar-refractivity contribution in [2.24, 2.45) is 0 Å². The largest absolute Gasteiger partial charge is 0.313 e. The number of nitrogens with one attached hydrogen (secondary N) is 1. The minimum Gasteiger partial charge on any atom is -0.313 e. The van der Waals surface area contributed by atoms with Gasteiger partial charge in [-0.25, -0.2) is 0 Å². The van der Waals surface area contributed by atoms with Gasteiger partial charge in [-0.2, -0.15) is 0 Å². The molecule has 1 unspecified atom stereocenters. The molecule has 0 fully saturated rings. The molecule has 0 heterocycles. The van der Waals surface area contributed by atoms with E-state index in [1.165, 1.54) is 11.1 Å². The van der Waals surface area contributed by atoms with Crippen molar-refractivity contribution in [1.29, 1.82) is 0 Å². The molecule has 1 aromatic rings. The van der Waals surface area contributed by atoms with Gasteiger partial charge in [-0.1, -0.05) is 30.4 Å². The molecule has 0 amide bonds. The van der Waals surface area contributed by atoms with Crippen molar-refractivity contribution in [1.82, 2.24) is 5.32 Å². The van der Waals surface area contributed by atoms with Gasteiger partial charge in [0, 0.05) is 6.04 Å². The van der Waals surface area contributed by atoms with Crippen LogP contribution in [0.4, 0.5) is 0 Å². The number of allylic oxidation sites excluding steroid dienone is 1. The molecular formula is C12H17N. The Balaban J connectivity index is 2.98. The van der Waals surface area contributed by atoms with E-state index in [4.69, 9.17) is 0 Å². The zero-order valence-electron chi connectivity index (χ0n) is 8.59. The Hall–Kier alpha value is -1.08. The standard InChI is InChI=1S/C12H17N/c1-9(2)11-6-5-7-12(8-11)10(3)13-4/h5-8,10,13H,1H2,2-4H3. The Morgan fingerprint density at radius 1 is 1.46 bits per heavy atom. The molecule has 0 saturated heterocycles. The van der Waals surface area contributed by atoms with E-state index in [0.29, 0.717) is 6.04 Å². The van der Waals surface area contributed by atoms with E-state index in [0.717, 1.165) is 5.57 Å². The molecule has 13 heavy (non-hydrogen) atoms. The normalized spacial score (nSPS) is 12.5. The van der Waals surface area contributed by atoms with Crippen molar-refractivity contribution in [2.75, 3.05) is 7.05 Å². The van der Waals surface area contributed by atoms with Crippen molar-refractivity contribution in [3.8, 4) is 0 Å². The SMILES string of the molecule is C=C(C)c1cccc(C(C)NC)c1. The van der Waals surface area contributed by atoms with Gasteiger partial charge < -0.3 is 5.32 Å². The predicted octanol–water partition coefficient (Wildman–Crippen LogP) is 3.00. The summed E-state index contributed by atoms with van der Waals surface area (Å²) in [7, 11) is 1.97. The third-order valence-corrected chi connectivity index (χ3v) is 2.31. The Morgan fingerprint density at radius 2 is 2.15 bits per heavy atom. The molecule has 1 atom stereocenters. The fourth-order valence-electron chi connectivity index (χ4n) is 1.24. The Morgan fingerprint density at radius 3 is 2.69 bits per heavy atom. The lowest BCUT2D eigenvalue weighted by atomic mass is 10.0. The first-order valence-electron chi connectivity index (χ1n) is 4.58. The number of hydrogen-bond acceptors (Lipinski definition) is 1. The van der Waals surface area contributed by atoms with Gasteiger partial charge in [-0.15, -0.1) is 0 Å². The van der Waals surface area contributed by atoms with Gasteiger partial charge in [0.2, 0.25) is 0 Å². The summed E-state index contributed by atoms with van der Waals surface area (Å²) in [6.07, 6.45) is 0. The quantitative estimate of drug-likeness (QED) is 0.744. The molecule has 0 aliphatic heterocycles. The molecule has 0 saturated carbocycles. The number of hydrogen-bond donors (Lipinski definition) is 1. The Bertz CT molecular complexity index is 302. The Labute approximate surface area is 80.5 Å². The molecule has 0 aliphatic rings. The van der Waals surface area contributed by atoms with E-state index in [2.05, 4.69) is 43.1 Å². The smallest absolute Gasteiger partial charge is 0.0289 e. The van der Waals surface area contributed by atoms with Gasteiger partial charge in [0.15, 0.2) is 0 Å². The van der Waals surface area contributed by atoms with Crippen LogP contribution < -0.4 is 5.32 Å². The maximum absolute atomic E-state index is 3.93. The van der Waals surface area contributed by atoms with Crippen LogP contribution in [0.15, 0.2) is 30.8 Å². The molecule has 0 aromatic heterocycles. The van der Waals surface area contributed by atoms with Crippen LogP contribution in [0.25, 0.3) is 5.57 Å². The minimum absolute atomic E-state index is 0.402. The molecule has 0 radical (unpaired) electrons. The van der Waals surface area contributed by atoms with Gasteiger partial charge in [0.05, 0.1) is 0 Å². The first kappa shape index (κ1) is 10.0. The monoisotopic (exact) mass is 175 g/mol. The summed E-state index contributed by atoms with van der Waals surface area (Å²) in [4.78, 5) is 0. The lowest BCUT2D eigenvalue weighted by molar-refractivity contribution is 0.652. The molecule has 1 heteroatoms. The van der Waals surface area contributed by atoms with Crippen molar-refractivity contribution < 1.29 is 0 Å². The molecule has 1 N–H and O–H groups in total. The van der Waals surface area contributed by atoms with Crippen LogP contribution >= 0.6 is 0 Å². The fourth-order valence-corrected chi connectivity index (χ4v) is 1.24. The van der Waals surface area contributed by atoms with Crippen molar-refractivity contribution in [3.63, 3.8) is 0 Å². The van der Waals surface area contributed by atoms with Gasteiger partial charge >= 0.3 is 0 Å². The topological polar surface area (TPSA) is 12.0 Å². The highest BCUT2D eigenvalue weighted by atomic mass is 14.8. The summed E-state index contributed by atoms with van der Waals surface area (Å²) in [5, 5.41) is 3.22. The molecule has 0 bridgehead atoms. The van der Waals surface area contributed by atoms with Crippen molar-refractivity contribution in [3.05, 3.63) is 42.0 Å². The highest BCUT2D eigenvalue weighted by Gasteiger charge is 2.02. The maximum Gasteiger partial charge on any atom is 0.0289 e. The van der Waals surface area contributed by atoms with E-state index in [1.807, 2.05) is 14.0 Å². The summed E-state index contributed by atoms with van der Waals surface area (Å²) in [5.41, 5.74) is 3.65. The average Bonchev–Trinajstić information content (AvgIpc) is 2.17. The lowest BCUT2D eigenvalue weighted by Crippen LogP contribution is -2.12. The van der Waals surface area contributed by atoms with Crippen LogP contribution in [0.1, 0.15) is 31.0 Å². The van der Waals surface area contributed by atoms with E-state index in [-0.39, 0.29) is 0 Å². The highest BCUT2D eigenvalue weighted by Crippen LogP contribution is 2.17. The molecule has 1 rings (SSSR count). The molecule has 70 valence electrons. The number of benzene rings is 1. The first-order valence-corrected chi connectivity index (χ1v) is 4.58. The van der Waals surface area contributed by atoms with Crippen LogP contribution in [0.2, 0.25) is 0 Å². The summed E-state index contributed by atoms with van der Waals surface area (Å²) in [6.45, 7) is 8.11. The summed E-state index contributed by atoms with van der Waals surface area (Å²) in [5.74, 6) is 0. The van der Waals surface area contributed by atoms with Gasteiger partial charge in [0.25, 0.3) is 0 Å². The first-order chi connectivity index (χ1) is 6.15. The second-order valence-electron chi connectivity index (χ2n) is 3.42. The van der Waals surface area contributed by atoms with Crippen LogP contribution in [0.3, 0.4) is 0 Å². The summed E-state index contributed by atoms with van der Waals surface area (Å²) < 4.78 is 0. The van der Waals surface area contributed by atoms with Gasteiger partial charge in [-0.3, -0.25) is 0 Å². The van der Waals surface area contributed by atoms with E-state index >= 15 is 0 Å². The lowest BCUT2D eigenvalue weighted by Gasteiger charge is -2.11. The van der Waals surface area contributed by atoms with E-state index in [9.17, 15) is 0 Å². The molecule has 0 aliphatic carbocycles. The summed E-state index contributed by atoms with van der Waals surface area (Å²) >= 11 is 0. The third kappa shape index (κ3) is 2.43. The summed E-state index contributed by atoms with van der Waals surface area (Å²) in [6, 6.07) is 8.89. The van der Waals surface area contributed by atoms with Gasteiger partial charge in [0.1, 0.15) is 0 Å². The zero-order valence-corrected chi connectivity index (χ0v) is 8.59. The van der Waals surface area contributed by atoms with E-state index < -0.39 is 0 Å². The average molecular weight is 175 g/mol. The van der Waals surface area contributed by atoms with Crippen molar-refractivity contribution in [2.45, 2.75) is 19.9 Å². The second kappa shape index (κ2) is 4.24. The molecule has 1 nitrogen and oxygen atoms in total. The van der Waals surface area contributed by atoms with Gasteiger partial charge in [-0.05, 0) is 38.1 Å². The Kier molecular flexibility index (Phi) is 3.26.